The molecule has 262 valence electrons. The summed E-state index contributed by atoms with van der Waals surface area (Å²) in [7, 11) is 0. The maximum atomic E-state index is 5.09. The SMILES string of the molecule is c1ccc(-n2c3ccccc3c3c4cccc5c4n(c32)-c2cc(-c3ccccn3)cc3c2B5c2cccc4c5c6ncccc6n(-c6ccccc6)c5n-3c24)cc1. The molecule has 2 aliphatic rings. The summed E-state index contributed by atoms with van der Waals surface area (Å²) in [5, 5.41) is 6.19. The second-order valence-electron chi connectivity index (χ2n) is 15.4. The molecule has 0 amide bonds. The zero-order valence-electron chi connectivity index (χ0n) is 30.5. The molecule has 0 spiro atoms. The van der Waals surface area contributed by atoms with E-state index in [0.717, 1.165) is 39.3 Å². The van der Waals surface area contributed by atoms with Gasteiger partial charge in [-0.05, 0) is 83.1 Å². The van der Waals surface area contributed by atoms with E-state index in [1.54, 1.807) is 0 Å². The number of benzene rings is 6. The first-order valence-corrected chi connectivity index (χ1v) is 19.5. The van der Waals surface area contributed by atoms with Crippen molar-refractivity contribution in [2.75, 3.05) is 0 Å². The Morgan fingerprint density at radius 1 is 0.421 bits per heavy atom. The van der Waals surface area contributed by atoms with Crippen LogP contribution in [0.4, 0.5) is 0 Å². The summed E-state index contributed by atoms with van der Waals surface area (Å²) in [6.07, 6.45) is 3.83. The molecule has 57 heavy (non-hydrogen) atoms. The molecular weight excluding hydrogens is 695 g/mol. The van der Waals surface area contributed by atoms with Gasteiger partial charge >= 0.3 is 0 Å². The molecule has 0 aliphatic carbocycles. The van der Waals surface area contributed by atoms with Crippen LogP contribution in [0.15, 0.2) is 176 Å². The summed E-state index contributed by atoms with van der Waals surface area (Å²) < 4.78 is 10.0. The van der Waals surface area contributed by atoms with E-state index in [2.05, 4.69) is 176 Å². The van der Waals surface area contributed by atoms with Crippen LogP contribution in [-0.2, 0) is 0 Å². The molecule has 7 heteroatoms. The third-order valence-corrected chi connectivity index (χ3v) is 12.6. The van der Waals surface area contributed by atoms with Crippen molar-refractivity contribution >= 4 is 88.9 Å². The number of nitrogens with zero attached hydrogens (tertiary/aromatic N) is 6. The van der Waals surface area contributed by atoms with Crippen molar-refractivity contribution in [1.29, 1.82) is 0 Å². The lowest BCUT2D eigenvalue weighted by Gasteiger charge is -2.34. The van der Waals surface area contributed by atoms with Crippen LogP contribution in [0.5, 0.6) is 0 Å². The van der Waals surface area contributed by atoms with Gasteiger partial charge < -0.3 is 0 Å². The Hall–Kier alpha value is -7.64. The number of fused-ring (bicyclic) bond motifs is 14. The van der Waals surface area contributed by atoms with Crippen molar-refractivity contribution in [2.24, 2.45) is 0 Å². The van der Waals surface area contributed by atoms with Gasteiger partial charge in [0.15, 0.2) is 0 Å². The highest BCUT2D eigenvalue weighted by molar-refractivity contribution is 7.00. The van der Waals surface area contributed by atoms with Gasteiger partial charge in [0.05, 0.1) is 38.7 Å². The van der Waals surface area contributed by atoms with Crippen molar-refractivity contribution in [3.05, 3.63) is 176 Å². The number of rotatable bonds is 3. The van der Waals surface area contributed by atoms with Crippen LogP contribution in [0.1, 0.15) is 0 Å². The van der Waals surface area contributed by atoms with Crippen LogP contribution in [-0.4, -0.2) is 34.9 Å². The Morgan fingerprint density at radius 3 is 1.67 bits per heavy atom. The highest BCUT2D eigenvalue weighted by Gasteiger charge is 2.42. The second-order valence-corrected chi connectivity index (χ2v) is 15.4. The molecule has 0 saturated carbocycles. The van der Waals surface area contributed by atoms with Crippen LogP contribution in [0.2, 0.25) is 0 Å². The summed E-state index contributed by atoms with van der Waals surface area (Å²) in [6.45, 7) is 0.0130. The first-order chi connectivity index (χ1) is 28.3. The van der Waals surface area contributed by atoms with Gasteiger partial charge in [0, 0.05) is 62.3 Å². The van der Waals surface area contributed by atoms with Gasteiger partial charge in [0.1, 0.15) is 11.3 Å². The monoisotopic (exact) mass is 724 g/mol. The van der Waals surface area contributed by atoms with Crippen LogP contribution in [0.3, 0.4) is 0 Å². The molecule has 6 aromatic carbocycles. The predicted octanol–water partition coefficient (Wildman–Crippen LogP) is 9.37. The summed E-state index contributed by atoms with van der Waals surface area (Å²) in [5.41, 5.74) is 18.6. The first kappa shape index (κ1) is 29.7. The van der Waals surface area contributed by atoms with E-state index in [4.69, 9.17) is 9.97 Å². The lowest BCUT2D eigenvalue weighted by atomic mass is 9.34. The molecule has 0 atom stereocenters. The van der Waals surface area contributed by atoms with E-state index in [0.29, 0.717) is 0 Å². The van der Waals surface area contributed by atoms with E-state index in [1.807, 2.05) is 18.5 Å². The van der Waals surface area contributed by atoms with Crippen LogP contribution in [0, 0.1) is 0 Å². The fraction of sp³-hybridized carbons (Fsp3) is 0. The van der Waals surface area contributed by atoms with E-state index >= 15 is 0 Å². The van der Waals surface area contributed by atoms with Gasteiger partial charge in [-0.3, -0.25) is 28.2 Å². The van der Waals surface area contributed by atoms with Gasteiger partial charge in [0.25, 0.3) is 6.71 Å². The average Bonchev–Trinajstić information content (AvgIpc) is 4.00. The molecule has 6 nitrogen and oxygen atoms in total. The first-order valence-electron chi connectivity index (χ1n) is 19.5. The largest absolute Gasteiger partial charge is 0.296 e. The molecule has 14 rings (SSSR count). The van der Waals surface area contributed by atoms with Crippen molar-refractivity contribution in [3.8, 4) is 34.0 Å². The molecule has 6 aromatic heterocycles. The molecule has 0 unspecified atom stereocenters. The van der Waals surface area contributed by atoms with Gasteiger partial charge in [-0.15, -0.1) is 0 Å². The maximum Gasteiger partial charge on any atom is 0.252 e. The molecule has 0 bridgehead atoms. The van der Waals surface area contributed by atoms with Gasteiger partial charge in [-0.25, -0.2) is 0 Å². The van der Waals surface area contributed by atoms with Gasteiger partial charge in [-0.2, -0.15) is 0 Å². The summed E-state index contributed by atoms with van der Waals surface area (Å²) >= 11 is 0. The molecule has 0 radical (unpaired) electrons. The van der Waals surface area contributed by atoms with Crippen LogP contribution >= 0.6 is 0 Å². The molecular formula is C50H29BN6. The maximum absolute atomic E-state index is 5.09. The minimum absolute atomic E-state index is 0.0130. The summed E-state index contributed by atoms with van der Waals surface area (Å²) in [5.74, 6) is 0. The number of hydrogen-bond acceptors (Lipinski definition) is 2. The smallest absolute Gasteiger partial charge is 0.252 e. The number of pyridine rings is 2. The quantitative estimate of drug-likeness (QED) is 0.171. The number of aromatic nitrogens is 6. The van der Waals surface area contributed by atoms with Crippen molar-refractivity contribution in [3.63, 3.8) is 0 Å². The molecule has 0 fully saturated rings. The Morgan fingerprint density at radius 2 is 0.982 bits per heavy atom. The second kappa shape index (κ2) is 10.6. The summed E-state index contributed by atoms with van der Waals surface area (Å²) in [6, 6.07) is 59.6. The van der Waals surface area contributed by atoms with E-state index in [9.17, 15) is 0 Å². The zero-order chi connectivity index (χ0) is 36.9. The molecule has 0 N–H and O–H groups in total. The third-order valence-electron chi connectivity index (χ3n) is 12.6. The highest BCUT2D eigenvalue weighted by Crippen LogP contribution is 2.45. The lowest BCUT2D eigenvalue weighted by Crippen LogP contribution is -2.59. The van der Waals surface area contributed by atoms with E-state index in [1.165, 1.54) is 76.9 Å². The Kier molecular flexibility index (Phi) is 5.50. The van der Waals surface area contributed by atoms with Crippen molar-refractivity contribution in [1.82, 2.24) is 28.2 Å². The summed E-state index contributed by atoms with van der Waals surface area (Å²) in [4.78, 5) is 10.0. The van der Waals surface area contributed by atoms with E-state index < -0.39 is 0 Å². The normalized spacial score (nSPS) is 12.9. The fourth-order valence-corrected chi connectivity index (χ4v) is 10.6. The number of para-hydroxylation sites is 5. The minimum Gasteiger partial charge on any atom is -0.296 e. The Labute approximate surface area is 326 Å². The number of hydrogen-bond donors (Lipinski definition) is 0. The van der Waals surface area contributed by atoms with Crippen molar-refractivity contribution < 1.29 is 0 Å². The standard InChI is InChI=1S/C50H29BN6/c1-3-14-31(15-4-1)54-39-24-8-7-18-33(39)43-34-19-11-21-36-47(34)56(49(43)54)41-28-30(38-23-9-10-26-52-38)29-42-45(41)51(36)37-22-12-20-35-44-46-40(25-13-27-53-46)55(32-16-5-2-6-17-32)50(44)57(42)48(35)37/h1-29H. The Bertz CT molecular complexity index is 3460. The zero-order valence-corrected chi connectivity index (χ0v) is 30.5. The Balaban J connectivity index is 1.24. The lowest BCUT2D eigenvalue weighted by molar-refractivity contribution is 1.05. The molecule has 8 heterocycles. The highest BCUT2D eigenvalue weighted by atomic mass is 15.2. The molecule has 2 aliphatic heterocycles. The molecule has 12 aromatic rings. The third kappa shape index (κ3) is 3.58. The van der Waals surface area contributed by atoms with Crippen LogP contribution < -0.4 is 16.4 Å². The van der Waals surface area contributed by atoms with Gasteiger partial charge in [-0.1, -0.05) is 97.1 Å². The average molecular weight is 725 g/mol. The van der Waals surface area contributed by atoms with E-state index in [-0.39, 0.29) is 6.71 Å². The van der Waals surface area contributed by atoms with Crippen LogP contribution in [0.25, 0.3) is 99.8 Å². The molecule has 0 saturated heterocycles. The minimum atomic E-state index is 0.0130. The van der Waals surface area contributed by atoms with Crippen molar-refractivity contribution in [2.45, 2.75) is 0 Å². The predicted molar refractivity (Wildman–Crippen MR) is 234 cm³/mol. The van der Waals surface area contributed by atoms with Gasteiger partial charge in [0.2, 0.25) is 0 Å². The topological polar surface area (TPSA) is 45.5 Å². The fourth-order valence-electron chi connectivity index (χ4n) is 10.6.